The van der Waals surface area contributed by atoms with Gasteiger partial charge < -0.3 is 15.4 Å². The fourth-order valence-corrected chi connectivity index (χ4v) is 3.44. The van der Waals surface area contributed by atoms with Gasteiger partial charge in [0.1, 0.15) is 12.4 Å². The highest BCUT2D eigenvalue weighted by Gasteiger charge is 2.16. The van der Waals surface area contributed by atoms with Gasteiger partial charge in [-0.15, -0.1) is 0 Å². The van der Waals surface area contributed by atoms with E-state index in [0.29, 0.717) is 18.8 Å². The minimum Gasteiger partial charge on any atom is -0.487 e. The molecule has 1 unspecified atom stereocenters. The van der Waals surface area contributed by atoms with Crippen LogP contribution in [0.5, 0.6) is 5.75 Å². The standard InChI is InChI=1S/C18H21N3O2S/c22-18(11-16-13-24-9-8-20-16)21-14-5-3-6-17(10-14)23-12-15-4-1-2-7-19-15/h1-7,10,16,20H,8-9,11-13H2,(H,21,22). The number of hydrogen-bond acceptors (Lipinski definition) is 5. The van der Waals surface area contributed by atoms with Crippen molar-refractivity contribution in [2.75, 3.05) is 23.4 Å². The number of benzene rings is 1. The number of nitrogens with zero attached hydrogens (tertiary/aromatic N) is 1. The monoisotopic (exact) mass is 343 g/mol. The van der Waals surface area contributed by atoms with Crippen molar-refractivity contribution in [1.82, 2.24) is 10.3 Å². The molecule has 1 aliphatic rings. The first-order valence-corrected chi connectivity index (χ1v) is 9.19. The van der Waals surface area contributed by atoms with Crippen LogP contribution in [0.1, 0.15) is 12.1 Å². The number of nitrogens with one attached hydrogen (secondary N) is 2. The van der Waals surface area contributed by atoms with Gasteiger partial charge in [0.15, 0.2) is 0 Å². The number of ether oxygens (including phenoxy) is 1. The Labute approximate surface area is 146 Å². The summed E-state index contributed by atoms with van der Waals surface area (Å²) in [5.74, 6) is 2.84. The summed E-state index contributed by atoms with van der Waals surface area (Å²) < 4.78 is 5.73. The molecule has 0 saturated carbocycles. The lowest BCUT2D eigenvalue weighted by Crippen LogP contribution is -2.39. The maximum Gasteiger partial charge on any atom is 0.225 e. The van der Waals surface area contributed by atoms with Gasteiger partial charge in [0.25, 0.3) is 0 Å². The summed E-state index contributed by atoms with van der Waals surface area (Å²) in [7, 11) is 0. The van der Waals surface area contributed by atoms with Crippen molar-refractivity contribution in [3.05, 3.63) is 54.4 Å². The molecule has 0 radical (unpaired) electrons. The molecule has 24 heavy (non-hydrogen) atoms. The molecule has 0 aliphatic carbocycles. The Balaban J connectivity index is 1.51. The lowest BCUT2D eigenvalue weighted by atomic mass is 10.2. The second-order valence-electron chi connectivity index (χ2n) is 5.62. The fourth-order valence-electron chi connectivity index (χ4n) is 2.49. The highest BCUT2D eigenvalue weighted by Crippen LogP contribution is 2.19. The first-order valence-electron chi connectivity index (χ1n) is 8.03. The lowest BCUT2D eigenvalue weighted by molar-refractivity contribution is -0.116. The molecule has 3 rings (SSSR count). The van der Waals surface area contributed by atoms with E-state index in [1.165, 1.54) is 0 Å². The number of amides is 1. The van der Waals surface area contributed by atoms with Gasteiger partial charge in [0.2, 0.25) is 5.91 Å². The van der Waals surface area contributed by atoms with Crippen molar-refractivity contribution in [2.45, 2.75) is 19.1 Å². The molecular formula is C18H21N3O2S. The summed E-state index contributed by atoms with van der Waals surface area (Å²) in [6.07, 6.45) is 2.24. The molecule has 2 aromatic rings. The molecule has 1 fully saturated rings. The van der Waals surface area contributed by atoms with Crippen LogP contribution >= 0.6 is 11.8 Å². The van der Waals surface area contributed by atoms with Gasteiger partial charge in [-0.1, -0.05) is 12.1 Å². The summed E-state index contributed by atoms with van der Waals surface area (Å²) in [4.78, 5) is 16.4. The van der Waals surface area contributed by atoms with Gasteiger partial charge in [-0.25, -0.2) is 0 Å². The van der Waals surface area contributed by atoms with E-state index in [2.05, 4.69) is 15.6 Å². The van der Waals surface area contributed by atoms with Crippen LogP contribution in [0.3, 0.4) is 0 Å². The number of aromatic nitrogens is 1. The molecule has 1 aromatic heterocycles. The van der Waals surface area contributed by atoms with E-state index in [9.17, 15) is 4.79 Å². The zero-order valence-corrected chi connectivity index (χ0v) is 14.2. The van der Waals surface area contributed by atoms with E-state index >= 15 is 0 Å². The van der Waals surface area contributed by atoms with E-state index in [-0.39, 0.29) is 11.9 Å². The summed E-state index contributed by atoms with van der Waals surface area (Å²) in [5.41, 5.74) is 1.62. The van der Waals surface area contributed by atoms with E-state index in [0.717, 1.165) is 29.4 Å². The van der Waals surface area contributed by atoms with Gasteiger partial charge in [-0.3, -0.25) is 9.78 Å². The fraction of sp³-hybridized carbons (Fsp3) is 0.333. The Bertz CT molecular complexity index is 660. The molecular weight excluding hydrogens is 322 g/mol. The van der Waals surface area contributed by atoms with E-state index in [1.54, 1.807) is 6.20 Å². The normalized spacial score (nSPS) is 17.2. The quantitative estimate of drug-likeness (QED) is 0.844. The molecule has 126 valence electrons. The number of rotatable bonds is 6. The predicted octanol–water partition coefficient (Wildman–Crippen LogP) is 2.69. The maximum atomic E-state index is 12.2. The van der Waals surface area contributed by atoms with Crippen LogP contribution in [0.2, 0.25) is 0 Å². The van der Waals surface area contributed by atoms with Gasteiger partial charge >= 0.3 is 0 Å². The van der Waals surface area contributed by atoms with Crippen molar-refractivity contribution >= 4 is 23.4 Å². The van der Waals surface area contributed by atoms with Crippen molar-refractivity contribution in [3.8, 4) is 5.75 Å². The zero-order chi connectivity index (χ0) is 16.6. The summed E-state index contributed by atoms with van der Waals surface area (Å²) in [6, 6.07) is 13.4. The second kappa shape index (κ2) is 8.70. The Morgan fingerprint density at radius 2 is 2.29 bits per heavy atom. The molecule has 6 heteroatoms. The summed E-state index contributed by atoms with van der Waals surface area (Å²) >= 11 is 1.89. The van der Waals surface area contributed by atoms with Crippen LogP contribution in [-0.4, -0.2) is 35.0 Å². The number of carbonyl (C=O) groups excluding carboxylic acids is 1. The van der Waals surface area contributed by atoms with Crippen molar-refractivity contribution in [3.63, 3.8) is 0 Å². The van der Waals surface area contributed by atoms with Crippen molar-refractivity contribution < 1.29 is 9.53 Å². The Morgan fingerprint density at radius 3 is 3.08 bits per heavy atom. The maximum absolute atomic E-state index is 12.2. The third-order valence-electron chi connectivity index (χ3n) is 3.66. The Kier molecular flexibility index (Phi) is 6.09. The number of pyridine rings is 1. The van der Waals surface area contributed by atoms with Gasteiger partial charge in [-0.05, 0) is 24.3 Å². The second-order valence-corrected chi connectivity index (χ2v) is 6.77. The number of anilines is 1. The van der Waals surface area contributed by atoms with Crippen LogP contribution in [0.4, 0.5) is 5.69 Å². The average Bonchev–Trinajstić information content (AvgIpc) is 2.62. The molecule has 2 heterocycles. The van der Waals surface area contributed by atoms with Gasteiger partial charge in [-0.2, -0.15) is 11.8 Å². The third-order valence-corrected chi connectivity index (χ3v) is 4.79. The van der Waals surface area contributed by atoms with E-state index < -0.39 is 0 Å². The molecule has 5 nitrogen and oxygen atoms in total. The first-order chi connectivity index (χ1) is 11.8. The number of carbonyl (C=O) groups is 1. The minimum absolute atomic E-state index is 0.0249. The minimum atomic E-state index is 0.0249. The summed E-state index contributed by atoms with van der Waals surface area (Å²) in [5, 5.41) is 6.32. The largest absolute Gasteiger partial charge is 0.487 e. The molecule has 0 spiro atoms. The Hall–Kier alpha value is -2.05. The lowest BCUT2D eigenvalue weighted by Gasteiger charge is -2.22. The zero-order valence-electron chi connectivity index (χ0n) is 13.4. The van der Waals surface area contributed by atoms with Crippen LogP contribution in [-0.2, 0) is 11.4 Å². The van der Waals surface area contributed by atoms with Crippen LogP contribution < -0.4 is 15.4 Å². The molecule has 1 aromatic carbocycles. The topological polar surface area (TPSA) is 63.2 Å². The van der Waals surface area contributed by atoms with Crippen molar-refractivity contribution in [1.29, 1.82) is 0 Å². The smallest absolute Gasteiger partial charge is 0.225 e. The van der Waals surface area contributed by atoms with Gasteiger partial charge in [0, 0.05) is 48.5 Å². The van der Waals surface area contributed by atoms with Crippen molar-refractivity contribution in [2.24, 2.45) is 0 Å². The van der Waals surface area contributed by atoms with E-state index in [4.69, 9.17) is 4.74 Å². The Morgan fingerprint density at radius 1 is 1.33 bits per heavy atom. The van der Waals surface area contributed by atoms with E-state index in [1.807, 2.05) is 54.2 Å². The molecule has 1 saturated heterocycles. The molecule has 0 bridgehead atoms. The first kappa shape index (κ1) is 16.8. The molecule has 1 atom stereocenters. The highest BCUT2D eigenvalue weighted by molar-refractivity contribution is 7.99. The SMILES string of the molecule is O=C(CC1CSCCN1)Nc1cccc(OCc2ccccn2)c1. The van der Waals surface area contributed by atoms with Crippen LogP contribution in [0.15, 0.2) is 48.7 Å². The number of hydrogen-bond donors (Lipinski definition) is 2. The molecule has 1 aliphatic heterocycles. The van der Waals surface area contributed by atoms with Gasteiger partial charge in [0.05, 0.1) is 5.69 Å². The average molecular weight is 343 g/mol. The summed E-state index contributed by atoms with van der Waals surface area (Å²) in [6.45, 7) is 1.38. The third kappa shape index (κ3) is 5.25. The van der Waals surface area contributed by atoms with Crippen LogP contribution in [0, 0.1) is 0 Å². The van der Waals surface area contributed by atoms with Crippen LogP contribution in [0.25, 0.3) is 0 Å². The predicted molar refractivity (Wildman–Crippen MR) is 97.4 cm³/mol. The molecule has 2 N–H and O–H groups in total. The highest BCUT2D eigenvalue weighted by atomic mass is 32.2. The molecule has 1 amide bonds. The number of thioether (sulfide) groups is 1.